The first kappa shape index (κ1) is 11.4. The van der Waals surface area contributed by atoms with Crippen LogP contribution in [0.5, 0.6) is 0 Å². The van der Waals surface area contributed by atoms with Gasteiger partial charge in [0.05, 0.1) is 5.60 Å². The second-order valence-electron chi connectivity index (χ2n) is 5.16. The standard InChI is InChI=1S/C12H23NO2/c1-12(5-2-6-15-12)11(13)9-10-3-7-14-8-4-10/h10-11H,2-9,13H2,1H3. The number of ether oxygens (including phenoxy) is 2. The molecule has 0 aromatic rings. The van der Waals surface area contributed by atoms with Crippen LogP contribution in [0, 0.1) is 5.92 Å². The van der Waals surface area contributed by atoms with E-state index in [1.165, 1.54) is 12.8 Å². The summed E-state index contributed by atoms with van der Waals surface area (Å²) in [6.45, 7) is 4.88. The van der Waals surface area contributed by atoms with Gasteiger partial charge in [-0.05, 0) is 44.9 Å². The van der Waals surface area contributed by atoms with Gasteiger partial charge in [-0.2, -0.15) is 0 Å². The van der Waals surface area contributed by atoms with Crippen molar-refractivity contribution in [2.75, 3.05) is 19.8 Å². The van der Waals surface area contributed by atoms with Gasteiger partial charge in [0.15, 0.2) is 0 Å². The molecular weight excluding hydrogens is 190 g/mol. The predicted molar refractivity (Wildman–Crippen MR) is 59.7 cm³/mol. The molecule has 0 aromatic carbocycles. The zero-order chi connectivity index (χ0) is 10.7. The van der Waals surface area contributed by atoms with Crippen LogP contribution in [0.3, 0.4) is 0 Å². The van der Waals surface area contributed by atoms with Gasteiger partial charge in [0, 0.05) is 25.9 Å². The van der Waals surface area contributed by atoms with Gasteiger partial charge in [0.1, 0.15) is 0 Å². The summed E-state index contributed by atoms with van der Waals surface area (Å²) in [5.41, 5.74) is 6.22. The van der Waals surface area contributed by atoms with E-state index in [4.69, 9.17) is 15.2 Å². The van der Waals surface area contributed by atoms with Crippen LogP contribution in [0.15, 0.2) is 0 Å². The Bertz CT molecular complexity index is 196. The lowest BCUT2D eigenvalue weighted by Crippen LogP contribution is -2.46. The first-order valence-electron chi connectivity index (χ1n) is 6.18. The van der Waals surface area contributed by atoms with Crippen molar-refractivity contribution in [1.82, 2.24) is 0 Å². The third kappa shape index (κ3) is 2.71. The topological polar surface area (TPSA) is 44.5 Å². The minimum atomic E-state index is -0.0572. The number of hydrogen-bond donors (Lipinski definition) is 1. The molecule has 0 aliphatic carbocycles. The molecule has 2 heterocycles. The van der Waals surface area contributed by atoms with Crippen molar-refractivity contribution in [3.63, 3.8) is 0 Å². The molecule has 0 radical (unpaired) electrons. The van der Waals surface area contributed by atoms with Crippen LogP contribution in [0.2, 0.25) is 0 Å². The Morgan fingerprint density at radius 3 is 2.67 bits per heavy atom. The summed E-state index contributed by atoms with van der Waals surface area (Å²) in [4.78, 5) is 0. The smallest absolute Gasteiger partial charge is 0.0805 e. The Labute approximate surface area is 92.3 Å². The second-order valence-corrected chi connectivity index (χ2v) is 5.16. The van der Waals surface area contributed by atoms with E-state index < -0.39 is 0 Å². The van der Waals surface area contributed by atoms with Crippen molar-refractivity contribution in [3.05, 3.63) is 0 Å². The van der Waals surface area contributed by atoms with Crippen LogP contribution in [-0.4, -0.2) is 31.5 Å². The Hall–Kier alpha value is -0.120. The maximum atomic E-state index is 6.28. The molecule has 88 valence electrons. The molecular formula is C12H23NO2. The normalized spacial score (nSPS) is 35.6. The van der Waals surface area contributed by atoms with Crippen LogP contribution < -0.4 is 5.73 Å². The summed E-state index contributed by atoms with van der Waals surface area (Å²) >= 11 is 0. The van der Waals surface area contributed by atoms with E-state index in [1.54, 1.807) is 0 Å². The average Bonchev–Trinajstić information content (AvgIpc) is 2.68. The predicted octanol–water partition coefficient (Wildman–Crippen LogP) is 1.70. The molecule has 0 saturated carbocycles. The molecule has 2 N–H and O–H groups in total. The average molecular weight is 213 g/mol. The molecule has 2 saturated heterocycles. The summed E-state index contributed by atoms with van der Waals surface area (Å²) in [6.07, 6.45) is 5.72. The Balaban J connectivity index is 1.82. The zero-order valence-corrected chi connectivity index (χ0v) is 9.71. The highest BCUT2D eigenvalue weighted by molar-refractivity contribution is 4.91. The van der Waals surface area contributed by atoms with E-state index in [-0.39, 0.29) is 11.6 Å². The van der Waals surface area contributed by atoms with Crippen LogP contribution in [0.25, 0.3) is 0 Å². The van der Waals surface area contributed by atoms with E-state index in [0.29, 0.717) is 0 Å². The summed E-state index contributed by atoms with van der Waals surface area (Å²) in [5.74, 6) is 0.745. The Morgan fingerprint density at radius 2 is 2.07 bits per heavy atom. The van der Waals surface area contributed by atoms with Crippen LogP contribution in [0.4, 0.5) is 0 Å². The fraction of sp³-hybridized carbons (Fsp3) is 1.00. The maximum Gasteiger partial charge on any atom is 0.0805 e. The second kappa shape index (κ2) is 4.81. The number of rotatable bonds is 3. The van der Waals surface area contributed by atoms with Crippen LogP contribution in [0.1, 0.15) is 39.0 Å². The van der Waals surface area contributed by atoms with Gasteiger partial charge < -0.3 is 15.2 Å². The van der Waals surface area contributed by atoms with Crippen molar-refractivity contribution >= 4 is 0 Å². The Kier molecular flexibility index (Phi) is 3.65. The molecule has 0 spiro atoms. The fourth-order valence-corrected chi connectivity index (χ4v) is 2.68. The first-order chi connectivity index (χ1) is 7.21. The summed E-state index contributed by atoms with van der Waals surface area (Å²) < 4.78 is 11.1. The molecule has 2 fully saturated rings. The van der Waals surface area contributed by atoms with Crippen molar-refractivity contribution in [3.8, 4) is 0 Å². The molecule has 3 nitrogen and oxygen atoms in total. The monoisotopic (exact) mass is 213 g/mol. The minimum absolute atomic E-state index is 0.0572. The fourth-order valence-electron chi connectivity index (χ4n) is 2.68. The minimum Gasteiger partial charge on any atom is -0.381 e. The van der Waals surface area contributed by atoms with Gasteiger partial charge >= 0.3 is 0 Å². The molecule has 3 heteroatoms. The van der Waals surface area contributed by atoms with E-state index in [9.17, 15) is 0 Å². The van der Waals surface area contributed by atoms with Gasteiger partial charge in [0.25, 0.3) is 0 Å². The molecule has 2 aliphatic rings. The highest BCUT2D eigenvalue weighted by Gasteiger charge is 2.37. The van der Waals surface area contributed by atoms with Crippen molar-refractivity contribution in [1.29, 1.82) is 0 Å². The molecule has 2 rings (SSSR count). The van der Waals surface area contributed by atoms with Crippen molar-refractivity contribution in [2.24, 2.45) is 11.7 Å². The molecule has 15 heavy (non-hydrogen) atoms. The summed E-state index contributed by atoms with van der Waals surface area (Å²) in [7, 11) is 0. The lowest BCUT2D eigenvalue weighted by molar-refractivity contribution is -0.0146. The van der Waals surface area contributed by atoms with E-state index >= 15 is 0 Å². The highest BCUT2D eigenvalue weighted by atomic mass is 16.5. The molecule has 2 aliphatic heterocycles. The summed E-state index contributed by atoms with van der Waals surface area (Å²) in [6, 6.07) is 0.197. The number of nitrogens with two attached hydrogens (primary N) is 1. The third-order valence-corrected chi connectivity index (χ3v) is 3.96. The van der Waals surface area contributed by atoms with Gasteiger partial charge in [-0.1, -0.05) is 0 Å². The van der Waals surface area contributed by atoms with Gasteiger partial charge in [0.2, 0.25) is 0 Å². The summed E-state index contributed by atoms with van der Waals surface area (Å²) in [5, 5.41) is 0. The van der Waals surface area contributed by atoms with Crippen molar-refractivity contribution in [2.45, 2.75) is 50.7 Å². The number of hydrogen-bond acceptors (Lipinski definition) is 3. The maximum absolute atomic E-state index is 6.28. The van der Waals surface area contributed by atoms with Crippen molar-refractivity contribution < 1.29 is 9.47 Å². The molecule has 0 bridgehead atoms. The SMILES string of the molecule is CC1(C(N)CC2CCOCC2)CCCO1. The molecule has 0 amide bonds. The van der Waals surface area contributed by atoms with E-state index in [0.717, 1.165) is 45.0 Å². The lowest BCUT2D eigenvalue weighted by atomic mass is 9.84. The van der Waals surface area contributed by atoms with E-state index in [2.05, 4.69) is 6.92 Å². The third-order valence-electron chi connectivity index (χ3n) is 3.96. The largest absolute Gasteiger partial charge is 0.381 e. The molecule has 0 aromatic heterocycles. The Morgan fingerprint density at radius 1 is 1.33 bits per heavy atom. The van der Waals surface area contributed by atoms with Gasteiger partial charge in [-0.3, -0.25) is 0 Å². The van der Waals surface area contributed by atoms with Gasteiger partial charge in [-0.15, -0.1) is 0 Å². The first-order valence-corrected chi connectivity index (χ1v) is 6.18. The van der Waals surface area contributed by atoms with Crippen LogP contribution in [-0.2, 0) is 9.47 Å². The lowest BCUT2D eigenvalue weighted by Gasteiger charge is -2.34. The zero-order valence-electron chi connectivity index (χ0n) is 9.71. The quantitative estimate of drug-likeness (QED) is 0.776. The molecule has 2 unspecified atom stereocenters. The van der Waals surface area contributed by atoms with Gasteiger partial charge in [-0.25, -0.2) is 0 Å². The van der Waals surface area contributed by atoms with E-state index in [1.807, 2.05) is 0 Å². The molecule has 2 atom stereocenters. The van der Waals surface area contributed by atoms with Crippen LogP contribution >= 0.6 is 0 Å². The highest BCUT2D eigenvalue weighted by Crippen LogP contribution is 2.32.